The Morgan fingerprint density at radius 3 is 2.86 bits per heavy atom. The Balaban J connectivity index is 1.68. The van der Waals surface area contributed by atoms with E-state index in [4.69, 9.17) is 0 Å². The highest BCUT2D eigenvalue weighted by Gasteiger charge is 2.40. The fourth-order valence-electron chi connectivity index (χ4n) is 2.57. The van der Waals surface area contributed by atoms with Gasteiger partial charge in [-0.15, -0.1) is 0 Å². The van der Waals surface area contributed by atoms with Gasteiger partial charge in [0.15, 0.2) is 0 Å². The van der Waals surface area contributed by atoms with E-state index in [1.54, 1.807) is 0 Å². The molecule has 0 amide bonds. The molecule has 1 saturated carbocycles. The molecule has 0 aromatic carbocycles. The van der Waals surface area contributed by atoms with E-state index in [0.29, 0.717) is 5.54 Å². The summed E-state index contributed by atoms with van der Waals surface area (Å²) in [6, 6.07) is 0.809. The molecule has 0 radical (unpaired) electrons. The average Bonchev–Trinajstić information content (AvgIpc) is 3.01. The Hall–Kier alpha value is -0.0800. The van der Waals surface area contributed by atoms with Crippen LogP contribution in [0.15, 0.2) is 0 Å². The Kier molecular flexibility index (Phi) is 3.45. The summed E-state index contributed by atoms with van der Waals surface area (Å²) in [5.41, 5.74) is 0.550. The van der Waals surface area contributed by atoms with Crippen molar-refractivity contribution in [1.82, 2.24) is 10.6 Å². The fraction of sp³-hybridized carbons (Fsp3) is 1.00. The molecule has 0 aromatic heterocycles. The highest BCUT2D eigenvalue weighted by atomic mass is 15.0. The third-order valence-corrected chi connectivity index (χ3v) is 4.02. The van der Waals surface area contributed by atoms with E-state index >= 15 is 0 Å². The van der Waals surface area contributed by atoms with E-state index in [2.05, 4.69) is 17.7 Å². The quantitative estimate of drug-likeness (QED) is 0.719. The molecule has 1 unspecified atom stereocenters. The van der Waals surface area contributed by atoms with E-state index in [-0.39, 0.29) is 0 Å². The number of hydrogen-bond acceptors (Lipinski definition) is 2. The van der Waals surface area contributed by atoms with E-state index in [9.17, 15) is 0 Å². The molecular weight excluding hydrogens is 172 g/mol. The van der Waals surface area contributed by atoms with E-state index in [1.807, 2.05) is 0 Å². The lowest BCUT2D eigenvalue weighted by atomic mass is 10.0. The third kappa shape index (κ3) is 2.71. The molecule has 1 saturated heterocycles. The fourth-order valence-corrected chi connectivity index (χ4v) is 2.57. The summed E-state index contributed by atoms with van der Waals surface area (Å²) in [6.45, 7) is 1.25. The summed E-state index contributed by atoms with van der Waals surface area (Å²) >= 11 is 0. The lowest BCUT2D eigenvalue weighted by Gasteiger charge is -2.20. The minimum Gasteiger partial charge on any atom is -0.314 e. The van der Waals surface area contributed by atoms with E-state index in [1.165, 1.54) is 57.9 Å². The summed E-state index contributed by atoms with van der Waals surface area (Å²) < 4.78 is 0. The molecule has 0 spiro atoms. The van der Waals surface area contributed by atoms with Gasteiger partial charge in [-0.3, -0.25) is 0 Å². The molecule has 1 aliphatic heterocycles. The normalized spacial score (nSPS) is 31.1. The zero-order chi connectivity index (χ0) is 9.86. The number of rotatable bonds is 4. The first-order valence-electron chi connectivity index (χ1n) is 6.27. The molecule has 1 aliphatic carbocycles. The maximum Gasteiger partial charge on any atom is 0.0180 e. The van der Waals surface area contributed by atoms with E-state index in [0.717, 1.165) is 6.04 Å². The summed E-state index contributed by atoms with van der Waals surface area (Å²) in [4.78, 5) is 0. The van der Waals surface area contributed by atoms with Crippen LogP contribution in [0.25, 0.3) is 0 Å². The summed E-state index contributed by atoms with van der Waals surface area (Å²) in [5.74, 6) is 0. The maximum atomic E-state index is 3.68. The van der Waals surface area contributed by atoms with Gasteiger partial charge in [-0.05, 0) is 52.1 Å². The van der Waals surface area contributed by atoms with E-state index < -0.39 is 0 Å². The first kappa shape index (κ1) is 10.4. The smallest absolute Gasteiger partial charge is 0.0180 e. The van der Waals surface area contributed by atoms with Gasteiger partial charge in [-0.1, -0.05) is 12.8 Å². The van der Waals surface area contributed by atoms with Gasteiger partial charge in [0.25, 0.3) is 0 Å². The Labute approximate surface area is 87.8 Å². The Morgan fingerprint density at radius 2 is 2.14 bits per heavy atom. The number of nitrogens with one attached hydrogen (secondary N) is 2. The molecule has 2 heteroatoms. The van der Waals surface area contributed by atoms with Crippen LogP contribution in [-0.4, -0.2) is 25.2 Å². The summed E-state index contributed by atoms with van der Waals surface area (Å²) in [6.07, 6.45) is 11.2. The predicted octanol–water partition coefficient (Wildman–Crippen LogP) is 2.05. The first-order chi connectivity index (χ1) is 6.85. The van der Waals surface area contributed by atoms with Crippen molar-refractivity contribution < 1.29 is 0 Å². The Morgan fingerprint density at radius 1 is 1.29 bits per heavy atom. The zero-order valence-corrected chi connectivity index (χ0v) is 9.44. The van der Waals surface area contributed by atoms with Crippen LogP contribution in [0.4, 0.5) is 0 Å². The third-order valence-electron chi connectivity index (χ3n) is 4.02. The summed E-state index contributed by atoms with van der Waals surface area (Å²) in [7, 11) is 2.12. The molecule has 2 fully saturated rings. The zero-order valence-electron chi connectivity index (χ0n) is 9.44. The monoisotopic (exact) mass is 196 g/mol. The number of hydrogen-bond donors (Lipinski definition) is 2. The molecule has 2 aliphatic rings. The second-order valence-corrected chi connectivity index (χ2v) is 5.07. The molecule has 1 atom stereocenters. The van der Waals surface area contributed by atoms with Crippen LogP contribution in [0.1, 0.15) is 51.4 Å². The van der Waals surface area contributed by atoms with Crippen LogP contribution in [0.5, 0.6) is 0 Å². The molecule has 0 aromatic rings. The second kappa shape index (κ2) is 4.63. The van der Waals surface area contributed by atoms with Crippen molar-refractivity contribution in [1.29, 1.82) is 0 Å². The van der Waals surface area contributed by atoms with Crippen LogP contribution >= 0.6 is 0 Å². The van der Waals surface area contributed by atoms with Crippen molar-refractivity contribution in [2.45, 2.75) is 62.9 Å². The van der Waals surface area contributed by atoms with Crippen LogP contribution in [0, 0.1) is 0 Å². The first-order valence-corrected chi connectivity index (χ1v) is 6.27. The van der Waals surface area contributed by atoms with Crippen LogP contribution in [0.2, 0.25) is 0 Å². The summed E-state index contributed by atoms with van der Waals surface area (Å²) in [5, 5.41) is 7.16. The van der Waals surface area contributed by atoms with Gasteiger partial charge >= 0.3 is 0 Å². The van der Waals surface area contributed by atoms with Crippen molar-refractivity contribution in [3.05, 3.63) is 0 Å². The molecule has 0 bridgehead atoms. The van der Waals surface area contributed by atoms with Gasteiger partial charge < -0.3 is 10.6 Å². The molecular formula is C12H24N2. The lowest BCUT2D eigenvalue weighted by molar-refractivity contribution is 0.406. The molecule has 14 heavy (non-hydrogen) atoms. The van der Waals surface area contributed by atoms with Crippen LogP contribution < -0.4 is 10.6 Å². The van der Waals surface area contributed by atoms with Crippen molar-refractivity contribution >= 4 is 0 Å². The van der Waals surface area contributed by atoms with Gasteiger partial charge in [-0.2, -0.15) is 0 Å². The molecule has 82 valence electrons. The van der Waals surface area contributed by atoms with Gasteiger partial charge in [-0.25, -0.2) is 0 Å². The van der Waals surface area contributed by atoms with Gasteiger partial charge in [0.2, 0.25) is 0 Å². The molecule has 2 nitrogen and oxygen atoms in total. The highest BCUT2D eigenvalue weighted by molar-refractivity contribution is 5.01. The minimum absolute atomic E-state index is 0.550. The minimum atomic E-state index is 0.550. The van der Waals surface area contributed by atoms with Gasteiger partial charge in [0.05, 0.1) is 0 Å². The van der Waals surface area contributed by atoms with Crippen LogP contribution in [0.3, 0.4) is 0 Å². The molecule has 2 N–H and O–H groups in total. The molecule has 1 heterocycles. The second-order valence-electron chi connectivity index (χ2n) is 5.07. The Bertz CT molecular complexity index is 167. The lowest BCUT2D eigenvalue weighted by Crippen LogP contribution is -2.33. The SMILES string of the molecule is CNC1(CCC2CCCCCN2)CC1. The van der Waals surface area contributed by atoms with Crippen molar-refractivity contribution in [2.75, 3.05) is 13.6 Å². The topological polar surface area (TPSA) is 24.1 Å². The standard InChI is InChI=1S/C12H24N2/c1-13-12(8-9-12)7-6-11-5-3-2-4-10-14-11/h11,13-14H,2-10H2,1H3. The van der Waals surface area contributed by atoms with Crippen molar-refractivity contribution in [2.24, 2.45) is 0 Å². The molecule has 2 rings (SSSR count). The maximum absolute atomic E-state index is 3.68. The van der Waals surface area contributed by atoms with Gasteiger partial charge in [0, 0.05) is 11.6 Å². The van der Waals surface area contributed by atoms with Crippen molar-refractivity contribution in [3.63, 3.8) is 0 Å². The average molecular weight is 196 g/mol. The van der Waals surface area contributed by atoms with Crippen molar-refractivity contribution in [3.8, 4) is 0 Å². The predicted molar refractivity (Wildman–Crippen MR) is 60.5 cm³/mol. The highest BCUT2D eigenvalue weighted by Crippen LogP contribution is 2.39. The van der Waals surface area contributed by atoms with Gasteiger partial charge in [0.1, 0.15) is 0 Å². The van der Waals surface area contributed by atoms with Crippen LogP contribution in [-0.2, 0) is 0 Å². The largest absolute Gasteiger partial charge is 0.314 e.